The number of phenolic OH excluding ortho intramolecular Hbond substituents is 1. The molecule has 0 aromatic heterocycles. The van der Waals surface area contributed by atoms with Crippen LogP contribution in [0.2, 0.25) is 0 Å². The van der Waals surface area contributed by atoms with Gasteiger partial charge in [0.2, 0.25) is 11.2 Å². The van der Waals surface area contributed by atoms with Crippen molar-refractivity contribution < 1.29 is 107 Å². The highest BCUT2D eigenvalue weighted by Gasteiger charge is 2.31. The Bertz CT molecular complexity index is 2910. The molecule has 4 aromatic carbocycles. The highest BCUT2D eigenvalue weighted by molar-refractivity contribution is 8.19. The van der Waals surface area contributed by atoms with Gasteiger partial charge in [0, 0.05) is 6.07 Å². The minimum absolute atomic E-state index is 0.286. The van der Waals surface area contributed by atoms with Gasteiger partial charge in [-0.25, -0.2) is 12.6 Å². The van der Waals surface area contributed by atoms with E-state index in [9.17, 15) is 75.2 Å². The first-order chi connectivity index (χ1) is 28.1. The van der Waals surface area contributed by atoms with Crippen LogP contribution < -0.4 is 10.5 Å². The zero-order chi connectivity index (χ0) is 47.0. The molecule has 0 saturated heterocycles. The van der Waals surface area contributed by atoms with Crippen LogP contribution in [0.1, 0.15) is 0 Å². The number of nitrogens with two attached hydrogens (primary N) is 1. The fraction of sp³-hybridized carbons (Fsp3) is 0.154. The Morgan fingerprint density at radius 1 is 0.548 bits per heavy atom. The van der Waals surface area contributed by atoms with Gasteiger partial charge in [0.1, 0.15) is 73.2 Å². The van der Waals surface area contributed by atoms with Gasteiger partial charge in [-0.1, -0.05) is 0 Å². The molecule has 0 heterocycles. The molecule has 0 aliphatic rings. The lowest BCUT2D eigenvalue weighted by molar-refractivity contribution is 0.201. The van der Waals surface area contributed by atoms with Gasteiger partial charge in [-0.3, -0.25) is 31.5 Å². The van der Waals surface area contributed by atoms with Crippen LogP contribution in [-0.2, 0) is 48.8 Å². The van der Waals surface area contributed by atoms with Gasteiger partial charge in [-0.05, 0) is 47.9 Å². The Morgan fingerprint density at radius 3 is 1.61 bits per heavy atom. The summed E-state index contributed by atoms with van der Waals surface area (Å²) in [6, 6.07) is 5.46. The number of azo groups is 2. The summed E-state index contributed by atoms with van der Waals surface area (Å²) in [4.78, 5) is -5.35. The first kappa shape index (κ1) is 50.7. The van der Waals surface area contributed by atoms with Gasteiger partial charge >= 0.3 is 10.4 Å². The molecule has 0 aliphatic heterocycles. The van der Waals surface area contributed by atoms with E-state index in [4.69, 9.17) is 28.7 Å². The number of nitrogen functional groups attached to an aromatic ring is 1. The number of fused-ring (bicyclic) bond motifs is 1. The number of nitrogens with zero attached hydrogens (tertiary/aromatic N) is 4. The van der Waals surface area contributed by atoms with E-state index in [1.54, 1.807) is 0 Å². The zero-order valence-electron chi connectivity index (χ0n) is 30.0. The number of rotatable bonds is 18. The van der Waals surface area contributed by atoms with E-state index in [0.717, 1.165) is 18.2 Å². The molecule has 4 rings (SSSR count). The Morgan fingerprint density at radius 2 is 1.08 bits per heavy atom. The van der Waals surface area contributed by atoms with Crippen LogP contribution in [-0.4, -0.2) is 119 Å². The quantitative estimate of drug-likeness (QED) is 0.0244. The number of aromatic hydroxyl groups is 1. The van der Waals surface area contributed by atoms with Crippen molar-refractivity contribution in [3.63, 3.8) is 0 Å². The molecule has 0 bridgehead atoms. The Hall–Kier alpha value is -3.97. The largest absolute Gasteiger partial charge is 0.505 e. The SMILES string of the molecule is Nc1c(N=Nc2ccc(OCCOS(=O)(=O)O)cc2S(O)(O)O)c(S(=O)(=O)O)cc2cc(S(O)(O)O)c(N=Nc3ccc(S(=O)(=O)CCOS(O)(O)O)cc3S(=O)(=O)O)c(O)c12. The summed E-state index contributed by atoms with van der Waals surface area (Å²) in [6.45, 7) is -2.30. The van der Waals surface area contributed by atoms with E-state index in [1.807, 2.05) is 0 Å². The molecule has 62 heavy (non-hydrogen) atoms. The van der Waals surface area contributed by atoms with Crippen LogP contribution in [0.25, 0.3) is 10.8 Å². The first-order valence-corrected chi connectivity index (χ1v) is 25.8. The molecule has 346 valence electrons. The summed E-state index contributed by atoms with van der Waals surface area (Å²) in [7, 11) is -30.0. The van der Waals surface area contributed by atoms with Crippen LogP contribution in [0.4, 0.5) is 28.4 Å². The van der Waals surface area contributed by atoms with Crippen molar-refractivity contribution in [1.82, 2.24) is 0 Å². The molecule has 15 N–H and O–H groups in total. The molecule has 0 atom stereocenters. The number of sulfone groups is 1. The van der Waals surface area contributed by atoms with E-state index >= 15 is 0 Å². The zero-order valence-corrected chi connectivity index (χ0v) is 35.7. The third-order valence-electron chi connectivity index (χ3n) is 7.38. The molecule has 29 nitrogen and oxygen atoms in total. The summed E-state index contributed by atoms with van der Waals surface area (Å²) in [6.07, 6.45) is 0. The maximum Gasteiger partial charge on any atom is 0.397 e. The molecule has 0 saturated carbocycles. The monoisotopic (exact) mass is 1020 g/mol. The summed E-state index contributed by atoms with van der Waals surface area (Å²) in [5.41, 5.74) is 1.47. The average molecular weight is 1020 g/mol. The lowest BCUT2D eigenvalue weighted by atomic mass is 10.1. The molecule has 0 radical (unpaired) electrons. The van der Waals surface area contributed by atoms with Gasteiger partial charge in [0.05, 0.1) is 38.1 Å². The summed E-state index contributed by atoms with van der Waals surface area (Å²) in [5.74, 6) is -2.67. The summed E-state index contributed by atoms with van der Waals surface area (Å²) in [5, 5.41) is 24.3. The third kappa shape index (κ3) is 13.0. The van der Waals surface area contributed by atoms with Gasteiger partial charge in [-0.2, -0.15) is 25.3 Å². The van der Waals surface area contributed by atoms with Crippen molar-refractivity contribution in [2.45, 2.75) is 24.5 Å². The molecule has 0 amide bonds. The molecule has 0 aliphatic carbocycles. The van der Waals surface area contributed by atoms with Gasteiger partial charge in [0.25, 0.3) is 20.2 Å². The van der Waals surface area contributed by atoms with Gasteiger partial charge in [0.15, 0.2) is 15.6 Å². The van der Waals surface area contributed by atoms with Gasteiger partial charge in [-0.15, -0.1) is 20.5 Å². The lowest BCUT2D eigenvalue weighted by Crippen LogP contribution is -2.14. The predicted octanol–water partition coefficient (Wildman–Crippen LogP) is 5.74. The molecule has 0 unspecified atom stereocenters. The minimum atomic E-state index is -5.42. The van der Waals surface area contributed by atoms with Crippen molar-refractivity contribution in [2.24, 2.45) is 20.5 Å². The smallest absolute Gasteiger partial charge is 0.397 e. The normalized spacial score (nSPS) is 14.5. The van der Waals surface area contributed by atoms with Crippen LogP contribution in [0.3, 0.4) is 0 Å². The van der Waals surface area contributed by atoms with Crippen LogP contribution in [0.5, 0.6) is 11.5 Å². The second-order valence-electron chi connectivity index (χ2n) is 11.7. The highest BCUT2D eigenvalue weighted by atomic mass is 32.3. The molecule has 0 spiro atoms. The average Bonchev–Trinajstić information content (AvgIpc) is 3.09. The summed E-state index contributed by atoms with van der Waals surface area (Å²) < 4.78 is 226. The van der Waals surface area contributed by atoms with Crippen molar-refractivity contribution in [1.29, 1.82) is 0 Å². The van der Waals surface area contributed by atoms with Crippen molar-refractivity contribution in [2.75, 3.05) is 31.3 Å². The molecular formula is C26H31N5O24S7. The Kier molecular flexibility index (Phi) is 14.9. The van der Waals surface area contributed by atoms with Crippen molar-refractivity contribution in [3.05, 3.63) is 48.5 Å². The van der Waals surface area contributed by atoms with Crippen LogP contribution >= 0.6 is 32.9 Å². The number of benzene rings is 4. The van der Waals surface area contributed by atoms with E-state index in [-0.39, 0.29) is 5.75 Å². The van der Waals surface area contributed by atoms with E-state index < -0.39 is 168 Å². The number of hydrogen-bond acceptors (Lipinski definition) is 26. The molecule has 0 fully saturated rings. The molecular weight excluding hydrogens is 991 g/mol. The fourth-order valence-electron chi connectivity index (χ4n) is 4.86. The standard InChI is InChI=1S/C26H31N5O24S7/c27-23-22-13(9-20(59(41,42)43)24(23)30-28-16-3-1-14(11-18(16)57(35,36)37)53-5-6-54-61(47,48)49)10-21(60(44,45)46)25(26(22)32)31-29-17-4-2-15(12-19(17)58(38,39)40)56(33,34)8-7-55-62(50,51)52/h1-4,9-12,32,35-37,44-46,50-52H,5-8,27H2,(H,38,39,40)(H,41,42,43)(H,47,48,49). The van der Waals surface area contributed by atoms with Crippen LogP contribution in [0, 0.1) is 0 Å². The first-order valence-electron chi connectivity index (χ1n) is 15.4. The predicted molar refractivity (Wildman–Crippen MR) is 215 cm³/mol. The van der Waals surface area contributed by atoms with Crippen molar-refractivity contribution >= 4 is 113 Å². The Balaban J connectivity index is 1.90. The molecule has 4 aromatic rings. The number of anilines is 1. The third-order valence-corrected chi connectivity index (χ3v) is 13.6. The Labute approximate surface area is 353 Å². The van der Waals surface area contributed by atoms with Crippen molar-refractivity contribution in [3.8, 4) is 11.5 Å². The lowest BCUT2D eigenvalue weighted by Gasteiger charge is -2.23. The number of hydrogen-bond donors (Lipinski definition) is 14. The topological polar surface area (TPSA) is 503 Å². The van der Waals surface area contributed by atoms with E-state index in [2.05, 4.69) is 28.8 Å². The van der Waals surface area contributed by atoms with E-state index in [1.165, 1.54) is 0 Å². The second kappa shape index (κ2) is 18.3. The maximum atomic E-state index is 12.7. The number of ether oxygens (including phenoxy) is 1. The highest BCUT2D eigenvalue weighted by Crippen LogP contribution is 2.57. The maximum absolute atomic E-state index is 12.7. The fourth-order valence-corrected chi connectivity index (χ4v) is 9.40. The van der Waals surface area contributed by atoms with Crippen LogP contribution in [0.15, 0.2) is 93.5 Å². The second-order valence-corrected chi connectivity index (χ2v) is 21.8. The molecule has 36 heteroatoms. The summed E-state index contributed by atoms with van der Waals surface area (Å²) >= 11 is -4.58. The van der Waals surface area contributed by atoms with E-state index in [0.29, 0.717) is 30.3 Å². The van der Waals surface area contributed by atoms with Gasteiger partial charge < -0.3 is 42.9 Å². The minimum Gasteiger partial charge on any atom is -0.505 e. The number of phenols is 1.